The van der Waals surface area contributed by atoms with Gasteiger partial charge >= 0.3 is 0 Å². The molecule has 0 aliphatic carbocycles. The van der Waals surface area contributed by atoms with Gasteiger partial charge in [-0.1, -0.05) is 31.2 Å². The second-order valence-corrected chi connectivity index (χ2v) is 5.61. The Morgan fingerprint density at radius 2 is 1.96 bits per heavy atom. The number of hydrogen-bond donors (Lipinski definition) is 2. The van der Waals surface area contributed by atoms with Crippen molar-refractivity contribution in [3.63, 3.8) is 0 Å². The van der Waals surface area contributed by atoms with Crippen molar-refractivity contribution in [2.24, 2.45) is 5.73 Å². The van der Waals surface area contributed by atoms with E-state index in [-0.39, 0.29) is 11.8 Å². The van der Waals surface area contributed by atoms with Gasteiger partial charge in [0.05, 0.1) is 12.5 Å². The van der Waals surface area contributed by atoms with Crippen molar-refractivity contribution in [2.75, 3.05) is 12.3 Å². The third-order valence-corrected chi connectivity index (χ3v) is 3.93. The van der Waals surface area contributed by atoms with Gasteiger partial charge in [-0.3, -0.25) is 0 Å². The van der Waals surface area contributed by atoms with Gasteiger partial charge in [-0.2, -0.15) is 5.26 Å². The third-order valence-electron chi connectivity index (χ3n) is 3.93. The van der Waals surface area contributed by atoms with Crippen LogP contribution in [0, 0.1) is 11.3 Å². The summed E-state index contributed by atoms with van der Waals surface area (Å²) in [6, 6.07) is 15.3. The maximum Gasteiger partial charge on any atom is 0.205 e. The lowest BCUT2D eigenvalue weighted by molar-refractivity contribution is 0.313. The van der Waals surface area contributed by atoms with E-state index < -0.39 is 0 Å². The van der Waals surface area contributed by atoms with Gasteiger partial charge in [0.1, 0.15) is 23.1 Å². The molecule has 0 saturated carbocycles. The zero-order valence-electron chi connectivity index (χ0n) is 13.5. The number of nitriles is 1. The van der Waals surface area contributed by atoms with E-state index in [0.29, 0.717) is 23.6 Å². The molecule has 2 aromatic carbocycles. The Kier molecular flexibility index (Phi) is 4.30. The number of nitrogens with two attached hydrogens (primary N) is 2. The molecule has 122 valence electrons. The first-order valence-corrected chi connectivity index (χ1v) is 7.84. The Morgan fingerprint density at radius 1 is 1.17 bits per heavy atom. The molecule has 1 atom stereocenters. The third kappa shape index (κ3) is 2.74. The summed E-state index contributed by atoms with van der Waals surface area (Å²) >= 11 is 0. The lowest BCUT2D eigenvalue weighted by atomic mass is 9.83. The highest BCUT2D eigenvalue weighted by Crippen LogP contribution is 2.45. The van der Waals surface area contributed by atoms with Crippen LogP contribution in [0.3, 0.4) is 0 Å². The van der Waals surface area contributed by atoms with Crippen LogP contribution in [0.1, 0.15) is 30.4 Å². The van der Waals surface area contributed by atoms with Crippen molar-refractivity contribution in [1.82, 2.24) is 0 Å². The van der Waals surface area contributed by atoms with E-state index in [1.165, 1.54) is 0 Å². The number of nitrogens with zero attached hydrogens (tertiary/aromatic N) is 1. The highest BCUT2D eigenvalue weighted by atomic mass is 16.5. The monoisotopic (exact) mass is 321 g/mol. The van der Waals surface area contributed by atoms with Crippen molar-refractivity contribution < 1.29 is 9.47 Å². The number of anilines is 1. The fourth-order valence-corrected chi connectivity index (χ4v) is 2.85. The molecule has 1 unspecified atom stereocenters. The minimum absolute atomic E-state index is 0.103. The second-order valence-electron chi connectivity index (χ2n) is 5.61. The summed E-state index contributed by atoms with van der Waals surface area (Å²) in [6.07, 6.45) is 0.901. The highest BCUT2D eigenvalue weighted by molar-refractivity contribution is 5.61. The Balaban J connectivity index is 2.17. The average molecular weight is 321 g/mol. The van der Waals surface area contributed by atoms with E-state index >= 15 is 0 Å². The fourth-order valence-electron chi connectivity index (χ4n) is 2.85. The minimum Gasteiger partial charge on any atom is -0.493 e. The Bertz CT molecular complexity index is 837. The van der Waals surface area contributed by atoms with E-state index in [2.05, 4.69) is 6.07 Å². The summed E-state index contributed by atoms with van der Waals surface area (Å²) in [4.78, 5) is 0. The minimum atomic E-state index is -0.340. The standard InChI is InChI=1S/C19H19N3O2/c1-2-9-23-16-6-4-3-5-13(16)18-14-8-7-12(21)10-17(14)24-19(22)15(18)11-20/h3-8,10,18H,2,9,21-22H2,1H3. The predicted molar refractivity (Wildman–Crippen MR) is 92.4 cm³/mol. The molecule has 0 saturated heterocycles. The molecule has 24 heavy (non-hydrogen) atoms. The second kappa shape index (κ2) is 6.55. The lowest BCUT2D eigenvalue weighted by Crippen LogP contribution is -2.21. The maximum atomic E-state index is 9.61. The molecule has 1 aliphatic rings. The molecule has 5 nitrogen and oxygen atoms in total. The van der Waals surface area contributed by atoms with E-state index in [1.807, 2.05) is 37.3 Å². The summed E-state index contributed by atoms with van der Waals surface area (Å²) in [5.74, 6) is 1.08. The van der Waals surface area contributed by atoms with E-state index in [9.17, 15) is 5.26 Å². The Labute approximate surface area is 141 Å². The molecule has 5 heteroatoms. The number of nitrogen functional groups attached to an aromatic ring is 1. The van der Waals surface area contributed by atoms with Crippen LogP contribution in [0.2, 0.25) is 0 Å². The van der Waals surface area contributed by atoms with Crippen molar-refractivity contribution in [1.29, 1.82) is 5.26 Å². The molecule has 3 rings (SSSR count). The molecule has 0 spiro atoms. The number of benzene rings is 2. The summed E-state index contributed by atoms with van der Waals surface area (Å²) in [5, 5.41) is 9.61. The van der Waals surface area contributed by atoms with Crippen LogP contribution in [0.25, 0.3) is 0 Å². The molecule has 0 fully saturated rings. The van der Waals surface area contributed by atoms with Crippen molar-refractivity contribution in [3.8, 4) is 17.6 Å². The SMILES string of the molecule is CCCOc1ccccc1C1C(C#N)=C(N)Oc2cc(N)ccc21. The van der Waals surface area contributed by atoms with E-state index in [1.54, 1.807) is 12.1 Å². The zero-order chi connectivity index (χ0) is 17.1. The molecular weight excluding hydrogens is 302 g/mol. The van der Waals surface area contributed by atoms with Crippen LogP contribution < -0.4 is 20.9 Å². The van der Waals surface area contributed by atoms with E-state index in [0.717, 1.165) is 23.3 Å². The van der Waals surface area contributed by atoms with Gasteiger partial charge in [0, 0.05) is 22.9 Å². The summed E-state index contributed by atoms with van der Waals surface area (Å²) in [5.41, 5.74) is 14.5. The summed E-state index contributed by atoms with van der Waals surface area (Å²) in [7, 11) is 0. The Morgan fingerprint density at radius 3 is 2.71 bits per heavy atom. The van der Waals surface area contributed by atoms with Crippen LogP contribution in [0.4, 0.5) is 5.69 Å². The van der Waals surface area contributed by atoms with Gasteiger partial charge in [-0.15, -0.1) is 0 Å². The predicted octanol–water partition coefficient (Wildman–Crippen LogP) is 3.28. The van der Waals surface area contributed by atoms with Crippen molar-refractivity contribution in [2.45, 2.75) is 19.3 Å². The van der Waals surface area contributed by atoms with Gasteiger partial charge in [0.25, 0.3) is 0 Å². The van der Waals surface area contributed by atoms with Gasteiger partial charge < -0.3 is 20.9 Å². The van der Waals surface area contributed by atoms with Crippen LogP contribution in [-0.2, 0) is 0 Å². The number of hydrogen-bond acceptors (Lipinski definition) is 5. The first kappa shape index (κ1) is 15.8. The maximum absolute atomic E-state index is 9.61. The number of fused-ring (bicyclic) bond motifs is 1. The molecule has 0 radical (unpaired) electrons. The molecule has 0 aromatic heterocycles. The normalized spacial score (nSPS) is 16.1. The fraction of sp³-hybridized carbons (Fsp3) is 0.211. The first-order chi connectivity index (χ1) is 11.7. The van der Waals surface area contributed by atoms with Gasteiger partial charge in [0.15, 0.2) is 0 Å². The molecule has 1 heterocycles. The quantitative estimate of drug-likeness (QED) is 0.843. The number of ether oxygens (including phenoxy) is 2. The Hall–Kier alpha value is -3.13. The molecular formula is C19H19N3O2. The smallest absolute Gasteiger partial charge is 0.205 e. The molecule has 0 amide bonds. The molecule has 1 aliphatic heterocycles. The molecule has 2 aromatic rings. The first-order valence-electron chi connectivity index (χ1n) is 7.84. The summed E-state index contributed by atoms with van der Waals surface area (Å²) < 4.78 is 11.5. The van der Waals surface area contributed by atoms with Crippen LogP contribution in [-0.4, -0.2) is 6.61 Å². The van der Waals surface area contributed by atoms with Gasteiger partial charge in [0.2, 0.25) is 5.88 Å². The van der Waals surface area contributed by atoms with Crippen LogP contribution in [0.5, 0.6) is 11.5 Å². The molecule has 4 N–H and O–H groups in total. The highest BCUT2D eigenvalue weighted by Gasteiger charge is 2.32. The van der Waals surface area contributed by atoms with E-state index in [4.69, 9.17) is 20.9 Å². The van der Waals surface area contributed by atoms with Crippen molar-refractivity contribution >= 4 is 5.69 Å². The van der Waals surface area contributed by atoms with Gasteiger partial charge in [-0.25, -0.2) is 0 Å². The number of para-hydroxylation sites is 1. The topological polar surface area (TPSA) is 94.3 Å². The average Bonchev–Trinajstić information content (AvgIpc) is 2.59. The van der Waals surface area contributed by atoms with Gasteiger partial charge in [-0.05, 0) is 18.6 Å². The molecule has 0 bridgehead atoms. The number of allylic oxidation sites excluding steroid dienone is 1. The zero-order valence-corrected chi connectivity index (χ0v) is 13.5. The summed E-state index contributed by atoms with van der Waals surface area (Å²) in [6.45, 7) is 2.66. The lowest BCUT2D eigenvalue weighted by Gasteiger charge is -2.27. The largest absolute Gasteiger partial charge is 0.493 e. The van der Waals surface area contributed by atoms with Crippen LogP contribution in [0.15, 0.2) is 53.9 Å². The van der Waals surface area contributed by atoms with Crippen molar-refractivity contribution in [3.05, 3.63) is 65.0 Å². The number of rotatable bonds is 4. The van der Waals surface area contributed by atoms with Crippen LogP contribution >= 0.6 is 0 Å².